The van der Waals surface area contributed by atoms with E-state index in [2.05, 4.69) is 43.0 Å². The van der Waals surface area contributed by atoms with E-state index >= 15 is 0 Å². The summed E-state index contributed by atoms with van der Waals surface area (Å²) in [6.07, 6.45) is 1.86. The zero-order valence-corrected chi connectivity index (χ0v) is 15.0. The van der Waals surface area contributed by atoms with Crippen LogP contribution in [0.15, 0.2) is 35.1 Å². The Morgan fingerprint density at radius 2 is 2.00 bits per heavy atom. The molecule has 1 aromatic carbocycles. The molecule has 3 rings (SSSR count). The number of hydrogen-bond donors (Lipinski definition) is 0. The van der Waals surface area contributed by atoms with Crippen LogP contribution < -0.4 is 10.3 Å². The van der Waals surface area contributed by atoms with E-state index < -0.39 is 0 Å². The number of ether oxygens (including phenoxy) is 1. The monoisotopic (exact) mass is 343 g/mol. The maximum atomic E-state index is 12.2. The van der Waals surface area contributed by atoms with Crippen molar-refractivity contribution in [2.24, 2.45) is 0 Å². The maximum absolute atomic E-state index is 12.2. The number of fused-ring (bicyclic) bond motifs is 1. The molecule has 0 fully saturated rings. The molecule has 0 saturated carbocycles. The molecule has 24 heavy (non-hydrogen) atoms. The SMILES string of the molecule is CCCc1nn2c(=O)cc(COc3ccc(C(C)C)cc3)nc2s1. The van der Waals surface area contributed by atoms with Crippen LogP contribution in [0.4, 0.5) is 0 Å². The number of nitrogens with zero attached hydrogens (tertiary/aromatic N) is 3. The largest absolute Gasteiger partial charge is 0.487 e. The van der Waals surface area contributed by atoms with Crippen molar-refractivity contribution < 1.29 is 4.74 Å². The fourth-order valence-electron chi connectivity index (χ4n) is 2.39. The van der Waals surface area contributed by atoms with E-state index in [0.717, 1.165) is 23.6 Å². The van der Waals surface area contributed by atoms with Gasteiger partial charge in [0.25, 0.3) is 5.56 Å². The predicted molar refractivity (Wildman–Crippen MR) is 96.0 cm³/mol. The first-order valence-electron chi connectivity index (χ1n) is 8.18. The summed E-state index contributed by atoms with van der Waals surface area (Å²) in [5.74, 6) is 1.27. The second kappa shape index (κ2) is 7.13. The van der Waals surface area contributed by atoms with Gasteiger partial charge in [-0.15, -0.1) is 0 Å². The molecule has 0 N–H and O–H groups in total. The van der Waals surface area contributed by atoms with E-state index in [4.69, 9.17) is 4.74 Å². The van der Waals surface area contributed by atoms with E-state index in [0.29, 0.717) is 16.6 Å². The zero-order chi connectivity index (χ0) is 17.1. The fourth-order valence-corrected chi connectivity index (χ4v) is 3.41. The van der Waals surface area contributed by atoms with Gasteiger partial charge in [0.05, 0.1) is 5.69 Å². The molecule has 0 amide bonds. The Hall–Kier alpha value is -2.21. The van der Waals surface area contributed by atoms with Gasteiger partial charge < -0.3 is 4.74 Å². The van der Waals surface area contributed by atoms with Crippen LogP contribution >= 0.6 is 11.3 Å². The minimum Gasteiger partial charge on any atom is -0.487 e. The maximum Gasteiger partial charge on any atom is 0.275 e. The first-order chi connectivity index (χ1) is 11.6. The Kier molecular flexibility index (Phi) is 4.94. The van der Waals surface area contributed by atoms with Crippen molar-refractivity contribution in [3.05, 3.63) is 57.0 Å². The highest BCUT2D eigenvalue weighted by Gasteiger charge is 2.09. The van der Waals surface area contributed by atoms with Gasteiger partial charge >= 0.3 is 0 Å². The van der Waals surface area contributed by atoms with Gasteiger partial charge in [-0.2, -0.15) is 9.61 Å². The second-order valence-electron chi connectivity index (χ2n) is 6.04. The normalized spacial score (nSPS) is 11.3. The topological polar surface area (TPSA) is 56.5 Å². The van der Waals surface area contributed by atoms with Crippen molar-refractivity contribution in [3.63, 3.8) is 0 Å². The molecule has 0 unspecified atom stereocenters. The Balaban J connectivity index is 1.76. The van der Waals surface area contributed by atoms with Crippen LogP contribution in [0, 0.1) is 0 Å². The van der Waals surface area contributed by atoms with E-state index in [1.807, 2.05) is 12.1 Å². The lowest BCUT2D eigenvalue weighted by Crippen LogP contribution is -2.16. The number of aryl methyl sites for hydroxylation is 1. The van der Waals surface area contributed by atoms with E-state index in [1.54, 1.807) is 0 Å². The third-order valence-electron chi connectivity index (χ3n) is 3.74. The van der Waals surface area contributed by atoms with Gasteiger partial charge in [0, 0.05) is 12.5 Å². The molecule has 2 heterocycles. The third-order valence-corrected chi connectivity index (χ3v) is 4.71. The van der Waals surface area contributed by atoms with Crippen molar-refractivity contribution in [1.29, 1.82) is 0 Å². The summed E-state index contributed by atoms with van der Waals surface area (Å²) in [6.45, 7) is 6.68. The fraction of sp³-hybridized carbons (Fsp3) is 0.389. The van der Waals surface area contributed by atoms with Gasteiger partial charge in [-0.25, -0.2) is 4.98 Å². The Morgan fingerprint density at radius 3 is 2.67 bits per heavy atom. The number of aromatic nitrogens is 3. The van der Waals surface area contributed by atoms with Gasteiger partial charge in [-0.05, 0) is 30.0 Å². The molecule has 3 aromatic rings. The minimum absolute atomic E-state index is 0.160. The molecule has 6 heteroatoms. The second-order valence-corrected chi connectivity index (χ2v) is 7.08. The predicted octanol–water partition coefficient (Wildman–Crippen LogP) is 3.81. The lowest BCUT2D eigenvalue weighted by atomic mass is 10.0. The van der Waals surface area contributed by atoms with Crippen LogP contribution in [0.1, 0.15) is 49.4 Å². The summed E-state index contributed by atoms with van der Waals surface area (Å²) in [5, 5.41) is 5.24. The molecular formula is C18H21N3O2S. The van der Waals surface area contributed by atoms with Crippen LogP contribution in [0.25, 0.3) is 4.96 Å². The highest BCUT2D eigenvalue weighted by molar-refractivity contribution is 7.16. The molecule has 0 spiro atoms. The highest BCUT2D eigenvalue weighted by Crippen LogP contribution is 2.19. The quantitative estimate of drug-likeness (QED) is 0.683. The summed E-state index contributed by atoms with van der Waals surface area (Å²) >= 11 is 1.46. The standard InChI is InChI=1S/C18H21N3O2S/c1-4-5-16-20-21-17(22)10-14(19-18(21)24-16)11-23-15-8-6-13(7-9-15)12(2)3/h6-10,12H,4-5,11H2,1-3H3. The average molecular weight is 343 g/mol. The highest BCUT2D eigenvalue weighted by atomic mass is 32.1. The van der Waals surface area contributed by atoms with Gasteiger partial charge in [-0.3, -0.25) is 4.79 Å². The van der Waals surface area contributed by atoms with Gasteiger partial charge in [0.15, 0.2) is 0 Å². The molecule has 0 bridgehead atoms. The molecule has 0 radical (unpaired) electrons. The smallest absolute Gasteiger partial charge is 0.275 e. The molecule has 0 atom stereocenters. The van der Waals surface area contributed by atoms with Gasteiger partial charge in [0.1, 0.15) is 17.4 Å². The van der Waals surface area contributed by atoms with Crippen molar-refractivity contribution in [1.82, 2.24) is 14.6 Å². The lowest BCUT2D eigenvalue weighted by Gasteiger charge is -2.08. The van der Waals surface area contributed by atoms with Crippen LogP contribution in [0.3, 0.4) is 0 Å². The first kappa shape index (κ1) is 16.6. The molecule has 0 aliphatic rings. The lowest BCUT2D eigenvalue weighted by molar-refractivity contribution is 0.301. The van der Waals surface area contributed by atoms with E-state index in [1.165, 1.54) is 27.5 Å². The number of benzene rings is 1. The molecule has 2 aromatic heterocycles. The number of rotatable bonds is 6. The molecule has 0 aliphatic heterocycles. The molecule has 0 saturated heterocycles. The summed E-state index contributed by atoms with van der Waals surface area (Å²) in [7, 11) is 0. The van der Waals surface area contributed by atoms with Crippen molar-refractivity contribution in [3.8, 4) is 5.75 Å². The molecule has 5 nitrogen and oxygen atoms in total. The molecule has 126 valence electrons. The van der Waals surface area contributed by atoms with Gasteiger partial charge in [0.2, 0.25) is 4.96 Å². The molecular weight excluding hydrogens is 322 g/mol. The van der Waals surface area contributed by atoms with Crippen LogP contribution in [-0.2, 0) is 13.0 Å². The Labute approximate surface area is 144 Å². The summed E-state index contributed by atoms with van der Waals surface area (Å²) in [5.41, 5.74) is 1.74. The summed E-state index contributed by atoms with van der Waals surface area (Å²) < 4.78 is 7.13. The van der Waals surface area contributed by atoms with Crippen molar-refractivity contribution in [2.75, 3.05) is 0 Å². The van der Waals surface area contributed by atoms with E-state index in [9.17, 15) is 4.79 Å². The zero-order valence-electron chi connectivity index (χ0n) is 14.2. The van der Waals surface area contributed by atoms with Crippen LogP contribution in [0.2, 0.25) is 0 Å². The summed E-state index contributed by atoms with van der Waals surface area (Å²) in [4.78, 5) is 17.3. The van der Waals surface area contributed by atoms with Crippen LogP contribution in [0.5, 0.6) is 5.75 Å². The minimum atomic E-state index is -0.160. The van der Waals surface area contributed by atoms with Crippen molar-refractivity contribution >= 4 is 16.3 Å². The molecule has 0 aliphatic carbocycles. The Bertz CT molecular complexity index is 881. The first-order valence-corrected chi connectivity index (χ1v) is 9.00. The summed E-state index contributed by atoms with van der Waals surface area (Å²) in [6, 6.07) is 9.52. The van der Waals surface area contributed by atoms with E-state index in [-0.39, 0.29) is 12.2 Å². The van der Waals surface area contributed by atoms with Gasteiger partial charge in [-0.1, -0.05) is 44.2 Å². The van der Waals surface area contributed by atoms with Crippen LogP contribution in [-0.4, -0.2) is 14.6 Å². The third kappa shape index (κ3) is 3.64. The van der Waals surface area contributed by atoms with Crippen molar-refractivity contribution in [2.45, 2.75) is 46.1 Å². The average Bonchev–Trinajstić information content (AvgIpc) is 2.97. The number of hydrogen-bond acceptors (Lipinski definition) is 5. The Morgan fingerprint density at radius 1 is 1.25 bits per heavy atom.